The van der Waals surface area contributed by atoms with E-state index in [4.69, 9.17) is 4.98 Å². The van der Waals surface area contributed by atoms with Crippen LogP contribution in [0.1, 0.15) is 33.0 Å². The fourth-order valence-electron chi connectivity index (χ4n) is 4.26. The lowest BCUT2D eigenvalue weighted by molar-refractivity contribution is 0.0664. The lowest BCUT2D eigenvalue weighted by Crippen LogP contribution is -2.47. The quantitative estimate of drug-likeness (QED) is 0.463. The van der Waals surface area contributed by atoms with Gasteiger partial charge in [-0.3, -0.25) is 4.79 Å². The summed E-state index contributed by atoms with van der Waals surface area (Å²) in [6.45, 7) is 7.27. The lowest BCUT2D eigenvalue weighted by atomic mass is 10.0. The maximum atomic E-state index is 13.0. The van der Waals surface area contributed by atoms with E-state index in [1.807, 2.05) is 55.1 Å². The minimum Gasteiger partial charge on any atom is -0.336 e. The molecule has 0 radical (unpaired) electrons. The Hall–Kier alpha value is -3.36. The molecule has 1 fully saturated rings. The normalized spacial score (nSPS) is 14.5. The minimum absolute atomic E-state index is 0.0881. The van der Waals surface area contributed by atoms with Gasteiger partial charge in [-0.1, -0.05) is 41.7 Å². The number of fused-ring (bicyclic) bond motifs is 1. The van der Waals surface area contributed by atoms with Gasteiger partial charge in [0.1, 0.15) is 11.6 Å². The smallest absolute Gasteiger partial charge is 0.253 e. The zero-order valence-corrected chi connectivity index (χ0v) is 20.5. The van der Waals surface area contributed by atoms with Gasteiger partial charge in [0.15, 0.2) is 5.13 Å². The van der Waals surface area contributed by atoms with E-state index in [0.29, 0.717) is 5.56 Å². The molecular formula is C26H28N6OS. The number of rotatable bonds is 5. The standard InChI is InChI=1S/C26H28N6OS/c1-17-21(15-19-7-5-4-6-8-19)24(28-18(2)27-17)30-26-29-22-10-9-20(16-23(22)34-26)25(33)32-13-11-31(3)12-14-32/h4-10,16H,11-15H2,1-3H3,(H,27,28,29,30). The van der Waals surface area contributed by atoms with Crippen LogP contribution in [0.25, 0.3) is 10.2 Å². The first-order valence-electron chi connectivity index (χ1n) is 11.5. The molecule has 1 N–H and O–H groups in total. The number of benzene rings is 2. The first kappa shape index (κ1) is 22.4. The Morgan fingerprint density at radius 3 is 2.53 bits per heavy atom. The molecule has 34 heavy (non-hydrogen) atoms. The van der Waals surface area contributed by atoms with Gasteiger partial charge < -0.3 is 15.1 Å². The molecule has 1 saturated heterocycles. The Labute approximate surface area is 203 Å². The zero-order valence-electron chi connectivity index (χ0n) is 19.7. The number of hydrogen-bond donors (Lipinski definition) is 1. The van der Waals surface area contributed by atoms with Crippen LogP contribution in [0.4, 0.5) is 10.9 Å². The van der Waals surface area contributed by atoms with E-state index in [9.17, 15) is 4.79 Å². The summed E-state index contributed by atoms with van der Waals surface area (Å²) in [6, 6.07) is 16.1. The number of amides is 1. The summed E-state index contributed by atoms with van der Waals surface area (Å²) in [7, 11) is 2.09. The molecule has 3 heterocycles. The molecule has 0 atom stereocenters. The van der Waals surface area contributed by atoms with Gasteiger partial charge in [0, 0.05) is 49.4 Å². The molecule has 1 aliphatic rings. The average Bonchev–Trinajstić information content (AvgIpc) is 3.23. The highest BCUT2D eigenvalue weighted by Gasteiger charge is 2.21. The Bertz CT molecular complexity index is 1330. The molecule has 1 amide bonds. The van der Waals surface area contributed by atoms with Crippen LogP contribution < -0.4 is 5.32 Å². The number of anilines is 2. The van der Waals surface area contributed by atoms with Crippen molar-refractivity contribution in [1.82, 2.24) is 24.8 Å². The first-order valence-corrected chi connectivity index (χ1v) is 12.3. The van der Waals surface area contributed by atoms with Crippen molar-refractivity contribution >= 4 is 38.4 Å². The van der Waals surface area contributed by atoms with E-state index in [1.165, 1.54) is 16.9 Å². The van der Waals surface area contributed by atoms with Gasteiger partial charge in [-0.05, 0) is 44.7 Å². The summed E-state index contributed by atoms with van der Waals surface area (Å²) in [5.74, 6) is 1.59. The molecule has 0 aliphatic carbocycles. The number of nitrogens with zero attached hydrogens (tertiary/aromatic N) is 5. The second-order valence-electron chi connectivity index (χ2n) is 8.77. The molecule has 1 aliphatic heterocycles. The number of hydrogen-bond acceptors (Lipinski definition) is 7. The van der Waals surface area contributed by atoms with Gasteiger partial charge in [0.25, 0.3) is 5.91 Å². The summed E-state index contributed by atoms with van der Waals surface area (Å²) >= 11 is 1.54. The van der Waals surface area contributed by atoms with Crippen molar-refractivity contribution in [2.45, 2.75) is 20.3 Å². The number of thiazole rings is 1. The maximum Gasteiger partial charge on any atom is 0.253 e. The number of carbonyl (C=O) groups excluding carboxylic acids is 1. The van der Waals surface area contributed by atoms with Crippen LogP contribution in [-0.4, -0.2) is 63.9 Å². The van der Waals surface area contributed by atoms with Crippen molar-refractivity contribution in [3.8, 4) is 0 Å². The van der Waals surface area contributed by atoms with Crippen LogP contribution >= 0.6 is 11.3 Å². The Balaban J connectivity index is 1.41. The number of nitrogens with one attached hydrogen (secondary N) is 1. The molecule has 0 unspecified atom stereocenters. The van der Waals surface area contributed by atoms with Crippen molar-refractivity contribution in [3.05, 3.63) is 76.7 Å². The molecule has 174 valence electrons. The third-order valence-corrected chi connectivity index (χ3v) is 7.13. The van der Waals surface area contributed by atoms with Crippen molar-refractivity contribution < 1.29 is 4.79 Å². The summed E-state index contributed by atoms with van der Waals surface area (Å²) < 4.78 is 0.981. The van der Waals surface area contributed by atoms with Crippen molar-refractivity contribution in [1.29, 1.82) is 0 Å². The number of aromatic nitrogens is 3. The van der Waals surface area contributed by atoms with Gasteiger partial charge in [-0.2, -0.15) is 0 Å². The predicted molar refractivity (Wildman–Crippen MR) is 137 cm³/mol. The van der Waals surface area contributed by atoms with E-state index in [1.54, 1.807) is 0 Å². The highest BCUT2D eigenvalue weighted by atomic mass is 32.1. The summed E-state index contributed by atoms with van der Waals surface area (Å²) in [5.41, 5.74) is 4.81. The van der Waals surface area contributed by atoms with Gasteiger partial charge in [-0.25, -0.2) is 15.0 Å². The summed E-state index contributed by atoms with van der Waals surface area (Å²) in [5, 5.41) is 4.19. The van der Waals surface area contributed by atoms with Crippen LogP contribution in [0, 0.1) is 13.8 Å². The fourth-order valence-corrected chi connectivity index (χ4v) is 5.16. The van der Waals surface area contributed by atoms with Crippen LogP contribution in [0.3, 0.4) is 0 Å². The average molecular weight is 473 g/mol. The van der Waals surface area contributed by atoms with Crippen LogP contribution in [0.15, 0.2) is 48.5 Å². The molecule has 7 nitrogen and oxygen atoms in total. The molecule has 2 aromatic heterocycles. The van der Waals surface area contributed by atoms with Crippen molar-refractivity contribution in [3.63, 3.8) is 0 Å². The van der Waals surface area contributed by atoms with Crippen LogP contribution in [-0.2, 0) is 6.42 Å². The zero-order chi connectivity index (χ0) is 23.7. The van der Waals surface area contributed by atoms with Crippen molar-refractivity contribution in [2.75, 3.05) is 38.5 Å². The lowest BCUT2D eigenvalue weighted by Gasteiger charge is -2.32. The van der Waals surface area contributed by atoms with E-state index in [2.05, 4.69) is 39.4 Å². The molecule has 0 spiro atoms. The monoisotopic (exact) mass is 472 g/mol. The number of carbonyl (C=O) groups is 1. The maximum absolute atomic E-state index is 13.0. The second kappa shape index (κ2) is 9.48. The third-order valence-electron chi connectivity index (χ3n) is 6.20. The Morgan fingerprint density at radius 1 is 1.00 bits per heavy atom. The van der Waals surface area contributed by atoms with Crippen LogP contribution in [0.5, 0.6) is 0 Å². The molecular weight excluding hydrogens is 444 g/mol. The SMILES string of the molecule is Cc1nc(C)c(Cc2ccccc2)c(Nc2nc3ccc(C(=O)N4CCN(C)CC4)cc3s2)n1. The first-order chi connectivity index (χ1) is 16.5. The van der Waals surface area contributed by atoms with E-state index in [0.717, 1.165) is 70.8 Å². The van der Waals surface area contributed by atoms with Gasteiger partial charge in [0.2, 0.25) is 0 Å². The molecule has 4 aromatic rings. The third kappa shape index (κ3) is 4.78. The molecule has 2 aromatic carbocycles. The molecule has 5 rings (SSSR count). The number of aryl methyl sites for hydroxylation is 2. The second-order valence-corrected chi connectivity index (χ2v) is 9.80. The van der Waals surface area contributed by atoms with Gasteiger partial charge in [-0.15, -0.1) is 0 Å². The summed E-state index contributed by atoms with van der Waals surface area (Å²) in [6.07, 6.45) is 0.740. The van der Waals surface area contributed by atoms with Gasteiger partial charge >= 0.3 is 0 Å². The molecule has 0 bridgehead atoms. The number of likely N-dealkylation sites (N-methyl/N-ethyl adjacent to an activating group) is 1. The Morgan fingerprint density at radius 2 is 1.76 bits per heavy atom. The largest absolute Gasteiger partial charge is 0.336 e. The fraction of sp³-hybridized carbons (Fsp3) is 0.308. The minimum atomic E-state index is 0.0881. The van der Waals surface area contributed by atoms with E-state index < -0.39 is 0 Å². The summed E-state index contributed by atoms with van der Waals surface area (Å²) in [4.78, 5) is 31.2. The van der Waals surface area contributed by atoms with Crippen molar-refractivity contribution in [2.24, 2.45) is 0 Å². The number of piperazine rings is 1. The van der Waals surface area contributed by atoms with E-state index in [-0.39, 0.29) is 5.91 Å². The van der Waals surface area contributed by atoms with E-state index >= 15 is 0 Å². The topological polar surface area (TPSA) is 74.2 Å². The predicted octanol–water partition coefficient (Wildman–Crippen LogP) is 4.43. The van der Waals surface area contributed by atoms with Crippen LogP contribution in [0.2, 0.25) is 0 Å². The van der Waals surface area contributed by atoms with Gasteiger partial charge in [0.05, 0.1) is 10.2 Å². The Kier molecular flexibility index (Phi) is 6.26. The highest BCUT2D eigenvalue weighted by Crippen LogP contribution is 2.31. The molecule has 8 heteroatoms. The highest BCUT2D eigenvalue weighted by molar-refractivity contribution is 7.22. The molecule has 0 saturated carbocycles.